The molecule has 0 aromatic heterocycles. The number of carbonyl (C=O) groups is 1. The quantitative estimate of drug-likeness (QED) is 0.573. The zero-order valence-corrected chi connectivity index (χ0v) is 7.61. The molecule has 1 rings (SSSR count). The second-order valence-electron chi connectivity index (χ2n) is 2.62. The molecule has 0 N–H and O–H groups in total. The van der Waals surface area contributed by atoms with Gasteiger partial charge < -0.3 is 0 Å². The van der Waals surface area contributed by atoms with Crippen LogP contribution in [-0.4, -0.2) is 35.6 Å². The fraction of sp³-hybridized carbons (Fsp3) is 0.800. The Labute approximate surface area is 64.2 Å². The van der Waals surface area contributed by atoms with E-state index in [1.807, 2.05) is 0 Å². The maximum absolute atomic E-state index is 13.5. The van der Waals surface area contributed by atoms with E-state index in [0.29, 0.717) is 9.34 Å². The van der Waals surface area contributed by atoms with Crippen molar-refractivity contribution in [1.82, 2.24) is 9.34 Å². The molecule has 1 aliphatic rings. The summed E-state index contributed by atoms with van der Waals surface area (Å²) < 4.78 is 28.1. The molecule has 1 aliphatic heterocycles. The van der Waals surface area contributed by atoms with Crippen LogP contribution in [-0.2, 0) is 0 Å². The Morgan fingerprint density at radius 1 is 1.36 bits per heavy atom. The van der Waals surface area contributed by atoms with Crippen LogP contribution >= 0.6 is 7.53 Å². The first-order valence-corrected chi connectivity index (χ1v) is 5.42. The van der Waals surface area contributed by atoms with Gasteiger partial charge in [-0.2, -0.15) is 0 Å². The Hall–Kier alpha value is -0.440. The summed E-state index contributed by atoms with van der Waals surface area (Å²) in [5.41, 5.74) is 0. The Morgan fingerprint density at radius 2 is 1.73 bits per heavy atom. The average Bonchev–Trinajstić information content (AvgIpc) is 2.01. The van der Waals surface area contributed by atoms with Crippen molar-refractivity contribution in [2.45, 2.75) is 6.92 Å². The van der Waals surface area contributed by atoms with E-state index >= 15 is 0 Å². The Morgan fingerprint density at radius 3 is 1.91 bits per heavy atom. The first-order chi connectivity index (χ1) is 4.83. The number of urea groups is 1. The topological polar surface area (TPSA) is 23.6 Å². The fourth-order valence-corrected chi connectivity index (χ4v) is 3.17. The molecule has 2 amide bonds. The molecule has 0 radical (unpaired) electrons. The van der Waals surface area contributed by atoms with Crippen LogP contribution < -0.4 is 0 Å². The van der Waals surface area contributed by atoms with E-state index < -0.39 is 13.6 Å². The van der Waals surface area contributed by atoms with Crippen molar-refractivity contribution in [3.63, 3.8) is 0 Å². The molecule has 0 unspecified atom stereocenters. The van der Waals surface area contributed by atoms with Crippen molar-refractivity contribution in [3.8, 4) is 0 Å². The fourth-order valence-electron chi connectivity index (χ4n) is 1.12. The van der Waals surface area contributed by atoms with Crippen LogP contribution in [0.1, 0.15) is 6.92 Å². The van der Waals surface area contributed by atoms with E-state index in [0.717, 1.165) is 14.1 Å². The monoisotopic (exact) mass is 184 g/mol. The van der Waals surface area contributed by atoms with Crippen LogP contribution in [0.5, 0.6) is 0 Å². The van der Waals surface area contributed by atoms with E-state index in [1.165, 1.54) is 6.92 Å². The number of rotatable bonds is 1. The minimum atomic E-state index is -4.89. The van der Waals surface area contributed by atoms with Gasteiger partial charge in [-0.1, -0.05) is 0 Å². The molecule has 1 fully saturated rings. The van der Waals surface area contributed by atoms with Crippen LogP contribution in [0.3, 0.4) is 0 Å². The van der Waals surface area contributed by atoms with Gasteiger partial charge >= 0.3 is 63.3 Å². The zero-order valence-electron chi connectivity index (χ0n) is 6.71. The molecular weight excluding hydrogens is 173 g/mol. The second-order valence-corrected chi connectivity index (χ2v) is 6.41. The van der Waals surface area contributed by atoms with Gasteiger partial charge in [-0.25, -0.2) is 0 Å². The molecule has 0 atom stereocenters. The summed E-state index contributed by atoms with van der Waals surface area (Å²) in [6, 6.07) is -0.588. The average molecular weight is 184 g/mol. The molecule has 0 aliphatic carbocycles. The molecule has 0 spiro atoms. The third-order valence-corrected chi connectivity index (χ3v) is 5.90. The predicted octanol–water partition coefficient (Wildman–Crippen LogP) is 2.16. The molecule has 6 heteroatoms. The molecule has 0 aromatic rings. The van der Waals surface area contributed by atoms with Crippen molar-refractivity contribution in [1.29, 1.82) is 0 Å². The molecule has 1 saturated heterocycles. The summed E-state index contributed by atoms with van der Waals surface area (Å²) in [6.07, 6.45) is -0.260. The number of hydrogen-bond acceptors (Lipinski definition) is 1. The van der Waals surface area contributed by atoms with Gasteiger partial charge in [0, 0.05) is 0 Å². The first-order valence-electron chi connectivity index (χ1n) is 3.31. The van der Waals surface area contributed by atoms with Gasteiger partial charge in [0.25, 0.3) is 0 Å². The number of halogens is 2. The van der Waals surface area contributed by atoms with E-state index in [1.54, 1.807) is 0 Å². The summed E-state index contributed by atoms with van der Waals surface area (Å²) in [6.45, 7) is 1.40. The Balaban J connectivity index is 2.99. The number of hydrogen-bond donors (Lipinski definition) is 0. The van der Waals surface area contributed by atoms with E-state index in [-0.39, 0.29) is 6.16 Å². The van der Waals surface area contributed by atoms with Crippen molar-refractivity contribution in [3.05, 3.63) is 0 Å². The van der Waals surface area contributed by atoms with Gasteiger partial charge in [-0.05, 0) is 0 Å². The van der Waals surface area contributed by atoms with E-state index in [2.05, 4.69) is 0 Å². The van der Waals surface area contributed by atoms with E-state index in [4.69, 9.17) is 0 Å². The standard InChI is InChI=1S/C5H11F2N2OP/c1-4-11(6,7)8(2)5(10)9(11)3/h4H2,1-3H3. The first kappa shape index (κ1) is 8.65. The maximum atomic E-state index is 13.5. The molecule has 0 saturated carbocycles. The normalized spacial score (nSPS) is 30.6. The molecule has 1 heterocycles. The van der Waals surface area contributed by atoms with Crippen LogP contribution in [0.15, 0.2) is 0 Å². The molecular formula is C5H11F2N2OP. The number of carbonyl (C=O) groups excluding carboxylic acids is 1. The summed E-state index contributed by atoms with van der Waals surface area (Å²) in [4.78, 5) is 10.7. The molecule has 0 bridgehead atoms. The summed E-state index contributed by atoms with van der Waals surface area (Å²) >= 11 is 0. The van der Waals surface area contributed by atoms with Crippen LogP contribution in [0, 0.1) is 0 Å². The zero-order chi connectivity index (χ0) is 8.89. The summed E-state index contributed by atoms with van der Waals surface area (Å²) in [5, 5.41) is 0. The third kappa shape index (κ3) is 0.719. The van der Waals surface area contributed by atoms with Crippen molar-refractivity contribution in [2.75, 3.05) is 20.3 Å². The third-order valence-electron chi connectivity index (χ3n) is 2.22. The van der Waals surface area contributed by atoms with E-state index in [9.17, 15) is 13.2 Å². The molecule has 3 nitrogen and oxygen atoms in total. The second kappa shape index (κ2) is 1.83. The number of nitrogens with zero attached hydrogens (tertiary/aromatic N) is 2. The predicted molar refractivity (Wildman–Crippen MR) is 40.6 cm³/mol. The Kier molecular flexibility index (Phi) is 1.44. The van der Waals surface area contributed by atoms with Crippen LogP contribution in [0.2, 0.25) is 0 Å². The molecule has 11 heavy (non-hydrogen) atoms. The van der Waals surface area contributed by atoms with Gasteiger partial charge in [-0.15, -0.1) is 0 Å². The van der Waals surface area contributed by atoms with Gasteiger partial charge in [-0.3, -0.25) is 0 Å². The molecule has 0 aromatic carbocycles. The van der Waals surface area contributed by atoms with Crippen molar-refractivity contribution < 1.29 is 13.2 Å². The van der Waals surface area contributed by atoms with Gasteiger partial charge in [0.2, 0.25) is 0 Å². The summed E-state index contributed by atoms with van der Waals surface area (Å²) in [7, 11) is -2.57. The Bertz CT molecular complexity index is 205. The van der Waals surface area contributed by atoms with Gasteiger partial charge in [0.1, 0.15) is 0 Å². The summed E-state index contributed by atoms with van der Waals surface area (Å²) in [5.74, 6) is 0. The minimum absolute atomic E-state index is 0.260. The van der Waals surface area contributed by atoms with Crippen molar-refractivity contribution >= 4 is 13.6 Å². The number of amides is 2. The van der Waals surface area contributed by atoms with Crippen molar-refractivity contribution in [2.24, 2.45) is 0 Å². The SMILES string of the molecule is CCP1(F)(F)N(C)C(=O)N1C. The van der Waals surface area contributed by atoms with Crippen LogP contribution in [0.4, 0.5) is 13.2 Å². The molecule has 66 valence electrons. The van der Waals surface area contributed by atoms with Gasteiger partial charge in [0.15, 0.2) is 0 Å². The van der Waals surface area contributed by atoms with Crippen LogP contribution in [0.25, 0.3) is 0 Å². The van der Waals surface area contributed by atoms with Gasteiger partial charge in [0.05, 0.1) is 0 Å².